The van der Waals surface area contributed by atoms with Gasteiger partial charge >= 0.3 is 5.97 Å². The standard InChI is InChI=1S/C11H8FNO2/c12-10-3-1-8(5-6-13)7-9(10)2-4-11(14)15/h1-4,7H,5H2,(H,14,15). The van der Waals surface area contributed by atoms with Gasteiger partial charge in [-0.15, -0.1) is 0 Å². The van der Waals surface area contributed by atoms with Gasteiger partial charge in [-0.05, 0) is 23.8 Å². The van der Waals surface area contributed by atoms with Gasteiger partial charge in [-0.3, -0.25) is 0 Å². The van der Waals surface area contributed by atoms with Crippen molar-refractivity contribution in [3.05, 3.63) is 41.2 Å². The van der Waals surface area contributed by atoms with Gasteiger partial charge in [0.05, 0.1) is 12.5 Å². The van der Waals surface area contributed by atoms with E-state index in [1.165, 1.54) is 24.3 Å². The lowest BCUT2D eigenvalue weighted by Gasteiger charge is -1.99. The first-order valence-electron chi connectivity index (χ1n) is 4.20. The quantitative estimate of drug-likeness (QED) is 0.767. The van der Waals surface area contributed by atoms with Crippen molar-refractivity contribution < 1.29 is 14.3 Å². The summed E-state index contributed by atoms with van der Waals surface area (Å²) in [4.78, 5) is 10.2. The Hall–Kier alpha value is -2.15. The number of hydrogen-bond acceptors (Lipinski definition) is 2. The first-order valence-corrected chi connectivity index (χ1v) is 4.20. The van der Waals surface area contributed by atoms with Crippen molar-refractivity contribution in [2.75, 3.05) is 0 Å². The van der Waals surface area contributed by atoms with Gasteiger partial charge < -0.3 is 5.11 Å². The SMILES string of the molecule is N#CCc1ccc(F)c(C=CC(=O)O)c1. The van der Waals surface area contributed by atoms with Crippen molar-refractivity contribution in [3.63, 3.8) is 0 Å². The summed E-state index contributed by atoms with van der Waals surface area (Å²) in [5.41, 5.74) is 0.828. The van der Waals surface area contributed by atoms with Gasteiger partial charge in [-0.25, -0.2) is 9.18 Å². The maximum Gasteiger partial charge on any atom is 0.328 e. The first-order chi connectivity index (χ1) is 7.13. The fourth-order valence-corrected chi connectivity index (χ4v) is 1.08. The molecule has 0 saturated heterocycles. The Balaban J connectivity index is 3.01. The third-order valence-electron chi connectivity index (χ3n) is 1.75. The summed E-state index contributed by atoms with van der Waals surface area (Å²) in [7, 11) is 0. The predicted octanol–water partition coefficient (Wildman–Crippen LogP) is 1.99. The van der Waals surface area contributed by atoms with E-state index in [1.807, 2.05) is 6.07 Å². The highest BCUT2D eigenvalue weighted by Crippen LogP contribution is 2.12. The lowest BCUT2D eigenvalue weighted by molar-refractivity contribution is -0.131. The molecule has 0 atom stereocenters. The summed E-state index contributed by atoms with van der Waals surface area (Å²) >= 11 is 0. The smallest absolute Gasteiger partial charge is 0.328 e. The van der Waals surface area contributed by atoms with Gasteiger partial charge in [0.2, 0.25) is 0 Å². The van der Waals surface area contributed by atoms with Crippen LogP contribution < -0.4 is 0 Å². The molecule has 15 heavy (non-hydrogen) atoms. The number of benzene rings is 1. The zero-order valence-corrected chi connectivity index (χ0v) is 7.77. The zero-order chi connectivity index (χ0) is 11.3. The third-order valence-corrected chi connectivity index (χ3v) is 1.75. The van der Waals surface area contributed by atoms with E-state index in [9.17, 15) is 9.18 Å². The molecule has 3 nitrogen and oxygen atoms in total. The highest BCUT2D eigenvalue weighted by atomic mass is 19.1. The molecule has 1 rings (SSSR count). The summed E-state index contributed by atoms with van der Waals surface area (Å²) in [6, 6.07) is 6.10. The van der Waals surface area contributed by atoms with Gasteiger partial charge in [0, 0.05) is 11.6 Å². The van der Waals surface area contributed by atoms with E-state index in [2.05, 4.69) is 0 Å². The van der Waals surface area contributed by atoms with Crippen molar-refractivity contribution in [1.82, 2.24) is 0 Å². The summed E-state index contributed by atoms with van der Waals surface area (Å²) in [6.45, 7) is 0. The number of nitriles is 1. The van der Waals surface area contributed by atoms with E-state index in [-0.39, 0.29) is 12.0 Å². The summed E-state index contributed by atoms with van der Waals surface area (Å²) < 4.78 is 13.1. The molecule has 1 N–H and O–H groups in total. The molecule has 0 aromatic heterocycles. The molecule has 0 radical (unpaired) electrons. The molecule has 1 aromatic carbocycles. The van der Waals surface area contributed by atoms with Crippen LogP contribution in [0.3, 0.4) is 0 Å². The molecule has 0 spiro atoms. The monoisotopic (exact) mass is 205 g/mol. The van der Waals surface area contributed by atoms with E-state index < -0.39 is 11.8 Å². The highest BCUT2D eigenvalue weighted by Gasteiger charge is 2.01. The van der Waals surface area contributed by atoms with Gasteiger partial charge in [0.1, 0.15) is 5.82 Å². The Morgan fingerprint density at radius 3 is 2.93 bits per heavy atom. The van der Waals surface area contributed by atoms with Crippen LogP contribution >= 0.6 is 0 Å². The van der Waals surface area contributed by atoms with Crippen molar-refractivity contribution >= 4 is 12.0 Å². The van der Waals surface area contributed by atoms with Crippen LogP contribution in [0.4, 0.5) is 4.39 Å². The van der Waals surface area contributed by atoms with Gasteiger partial charge in [-0.2, -0.15) is 5.26 Å². The second-order valence-electron chi connectivity index (χ2n) is 2.86. The minimum absolute atomic E-state index is 0.171. The van der Waals surface area contributed by atoms with E-state index in [0.29, 0.717) is 5.56 Å². The molecule has 1 aromatic rings. The van der Waals surface area contributed by atoms with Crippen LogP contribution in [0.1, 0.15) is 11.1 Å². The second kappa shape index (κ2) is 4.91. The lowest BCUT2D eigenvalue weighted by Crippen LogP contribution is -1.90. The summed E-state index contributed by atoms with van der Waals surface area (Å²) in [6.07, 6.45) is 2.20. The number of rotatable bonds is 3. The number of aliphatic carboxylic acids is 1. The van der Waals surface area contributed by atoms with Gasteiger partial charge in [-0.1, -0.05) is 6.07 Å². The molecule has 4 heteroatoms. The van der Waals surface area contributed by atoms with Crippen LogP contribution in [-0.2, 0) is 11.2 Å². The number of hydrogen-bond donors (Lipinski definition) is 1. The number of carboxylic acid groups (broad SMARTS) is 1. The number of carboxylic acids is 1. The van der Waals surface area contributed by atoms with Gasteiger partial charge in [0.25, 0.3) is 0 Å². The molecule has 0 aliphatic carbocycles. The van der Waals surface area contributed by atoms with Crippen LogP contribution in [0.5, 0.6) is 0 Å². The minimum Gasteiger partial charge on any atom is -0.478 e. The van der Waals surface area contributed by atoms with E-state index in [0.717, 1.165) is 6.08 Å². The fraction of sp³-hybridized carbons (Fsp3) is 0.0909. The first kappa shape index (κ1) is 10.9. The van der Waals surface area contributed by atoms with Crippen molar-refractivity contribution in [2.24, 2.45) is 0 Å². The summed E-state index contributed by atoms with van der Waals surface area (Å²) in [5.74, 6) is -1.64. The zero-order valence-electron chi connectivity index (χ0n) is 7.77. The van der Waals surface area contributed by atoms with E-state index in [4.69, 9.17) is 10.4 Å². The molecule has 0 aliphatic heterocycles. The van der Waals surface area contributed by atoms with E-state index in [1.54, 1.807) is 0 Å². The molecule has 76 valence electrons. The Morgan fingerprint density at radius 2 is 2.33 bits per heavy atom. The topological polar surface area (TPSA) is 61.1 Å². The molecule has 0 fully saturated rings. The molecule has 0 unspecified atom stereocenters. The Morgan fingerprint density at radius 1 is 1.60 bits per heavy atom. The predicted molar refractivity (Wildman–Crippen MR) is 52.4 cm³/mol. The summed E-state index contributed by atoms with van der Waals surface area (Å²) in [5, 5.41) is 16.8. The lowest BCUT2D eigenvalue weighted by atomic mass is 10.1. The molecule has 0 amide bonds. The Labute approximate surface area is 86.1 Å². The fourth-order valence-electron chi connectivity index (χ4n) is 1.08. The van der Waals surface area contributed by atoms with Crippen molar-refractivity contribution in [2.45, 2.75) is 6.42 Å². The Bertz CT molecular complexity index is 446. The minimum atomic E-state index is -1.14. The van der Waals surface area contributed by atoms with E-state index >= 15 is 0 Å². The highest BCUT2D eigenvalue weighted by molar-refractivity contribution is 5.85. The van der Waals surface area contributed by atoms with Crippen LogP contribution in [0.15, 0.2) is 24.3 Å². The van der Waals surface area contributed by atoms with Crippen LogP contribution in [0, 0.1) is 17.1 Å². The normalized spacial score (nSPS) is 10.1. The number of carbonyl (C=O) groups is 1. The van der Waals surface area contributed by atoms with Crippen LogP contribution in [0.2, 0.25) is 0 Å². The van der Waals surface area contributed by atoms with Gasteiger partial charge in [0.15, 0.2) is 0 Å². The van der Waals surface area contributed by atoms with Crippen LogP contribution in [-0.4, -0.2) is 11.1 Å². The third kappa shape index (κ3) is 3.24. The molecular formula is C11H8FNO2. The molecule has 0 saturated carbocycles. The molecular weight excluding hydrogens is 197 g/mol. The average molecular weight is 205 g/mol. The molecule has 0 bridgehead atoms. The molecule has 0 aliphatic rings. The molecule has 0 heterocycles. The second-order valence-corrected chi connectivity index (χ2v) is 2.86. The van der Waals surface area contributed by atoms with Crippen molar-refractivity contribution in [3.8, 4) is 6.07 Å². The Kier molecular flexibility index (Phi) is 3.58. The largest absolute Gasteiger partial charge is 0.478 e. The van der Waals surface area contributed by atoms with Crippen molar-refractivity contribution in [1.29, 1.82) is 5.26 Å². The number of nitrogens with zero attached hydrogens (tertiary/aromatic N) is 1. The van der Waals surface area contributed by atoms with Crippen LogP contribution in [0.25, 0.3) is 6.08 Å². The number of halogens is 1. The average Bonchev–Trinajstić information content (AvgIpc) is 2.19. The maximum atomic E-state index is 13.1. The maximum absolute atomic E-state index is 13.1.